The number of hydrogen-bond donors (Lipinski definition) is 4. The third kappa shape index (κ3) is 3.94. The number of imidazole rings is 1. The normalized spacial score (nSPS) is 29.3. The smallest absolute Gasteiger partial charge is 0.406 e. The lowest BCUT2D eigenvalue weighted by Gasteiger charge is -2.17. The van der Waals surface area contributed by atoms with E-state index in [0.29, 0.717) is 30.2 Å². The summed E-state index contributed by atoms with van der Waals surface area (Å²) in [6.45, 7) is 0.978. The van der Waals surface area contributed by atoms with Crippen molar-refractivity contribution in [3.05, 3.63) is 11.6 Å². The summed E-state index contributed by atoms with van der Waals surface area (Å²) in [5, 5.41) is 26.3. The number of carbonyl (C=O) groups excluding carboxylic acids is 1. The van der Waals surface area contributed by atoms with E-state index >= 15 is 0 Å². The van der Waals surface area contributed by atoms with Crippen LogP contribution in [-0.4, -0.2) is 87.0 Å². The van der Waals surface area contributed by atoms with Crippen LogP contribution in [0.2, 0.25) is 5.28 Å². The van der Waals surface area contributed by atoms with E-state index in [2.05, 4.69) is 25.6 Å². The molecule has 2 aliphatic heterocycles. The van der Waals surface area contributed by atoms with Gasteiger partial charge in [-0.1, -0.05) is 0 Å². The van der Waals surface area contributed by atoms with Crippen molar-refractivity contribution in [2.45, 2.75) is 37.0 Å². The topological polar surface area (TPSA) is 153 Å². The van der Waals surface area contributed by atoms with Crippen molar-refractivity contribution >= 4 is 34.7 Å². The lowest BCUT2D eigenvalue weighted by molar-refractivity contribution is -0.0531. The van der Waals surface area contributed by atoms with Gasteiger partial charge >= 0.3 is 6.09 Å². The lowest BCUT2D eigenvalue weighted by Crippen LogP contribution is -2.35. The number of carbonyl (C=O) groups is 1. The van der Waals surface area contributed by atoms with E-state index in [0.717, 1.165) is 6.42 Å². The first-order chi connectivity index (χ1) is 14.0. The molecule has 0 aromatic carbocycles. The standard InChI is InChI=1S/C16H21ClN6O6/c1-18-16(26)28-5-8-10(24)11(25)14(29-8)23-6-19-9-12(20-7-2-3-27-4-7)21-15(17)22-13(9)23/h6-8,10-11,14,24-25H,2-5H2,1H3,(H,18,26)(H,20,21,22). The Bertz CT molecular complexity index is 890. The van der Waals surface area contributed by atoms with Crippen molar-refractivity contribution in [1.29, 1.82) is 0 Å². The molecule has 2 aliphatic rings. The Kier molecular flexibility index (Phi) is 5.69. The van der Waals surface area contributed by atoms with Gasteiger partial charge in [0.05, 0.1) is 19.0 Å². The second-order valence-electron chi connectivity index (χ2n) is 6.76. The number of nitrogens with zero attached hydrogens (tertiary/aromatic N) is 4. The SMILES string of the molecule is CNC(=O)OCC1OC(n2cnc3c(NC4CCOC4)nc(Cl)nc32)C(O)C1O. The van der Waals surface area contributed by atoms with Crippen LogP contribution in [0, 0.1) is 0 Å². The van der Waals surface area contributed by atoms with Crippen LogP contribution in [0.15, 0.2) is 6.33 Å². The van der Waals surface area contributed by atoms with Gasteiger partial charge in [-0.25, -0.2) is 9.78 Å². The number of ether oxygens (including phenoxy) is 3. The predicted molar refractivity (Wildman–Crippen MR) is 99.5 cm³/mol. The number of halogens is 1. The van der Waals surface area contributed by atoms with Crippen molar-refractivity contribution in [2.24, 2.45) is 0 Å². The van der Waals surface area contributed by atoms with Crippen LogP contribution in [0.3, 0.4) is 0 Å². The van der Waals surface area contributed by atoms with Crippen molar-refractivity contribution in [3.63, 3.8) is 0 Å². The molecule has 4 N–H and O–H groups in total. The van der Waals surface area contributed by atoms with Gasteiger partial charge in [0.1, 0.15) is 24.9 Å². The number of anilines is 1. The summed E-state index contributed by atoms with van der Waals surface area (Å²) in [4.78, 5) is 24.0. The summed E-state index contributed by atoms with van der Waals surface area (Å²) < 4.78 is 17.5. The minimum Gasteiger partial charge on any atom is -0.447 e. The maximum Gasteiger partial charge on any atom is 0.406 e. The molecule has 0 bridgehead atoms. The van der Waals surface area contributed by atoms with Gasteiger partial charge in [0.15, 0.2) is 23.2 Å². The molecule has 2 aromatic rings. The molecule has 5 atom stereocenters. The average Bonchev–Trinajstić information content (AvgIpc) is 3.42. The third-order valence-corrected chi connectivity index (χ3v) is 5.03. The molecule has 12 nitrogen and oxygen atoms in total. The van der Waals surface area contributed by atoms with Crippen LogP contribution in [0.5, 0.6) is 0 Å². The first kappa shape index (κ1) is 20.0. The second-order valence-corrected chi connectivity index (χ2v) is 7.10. The molecule has 2 saturated heterocycles. The number of nitrogens with one attached hydrogen (secondary N) is 2. The molecule has 0 spiro atoms. The number of hydrogen-bond acceptors (Lipinski definition) is 10. The van der Waals surface area contributed by atoms with Crippen molar-refractivity contribution < 1.29 is 29.2 Å². The van der Waals surface area contributed by atoms with Crippen molar-refractivity contribution in [3.8, 4) is 0 Å². The number of alkyl carbamates (subject to hydrolysis) is 1. The Labute approximate surface area is 170 Å². The van der Waals surface area contributed by atoms with Gasteiger partial charge in [-0.15, -0.1) is 0 Å². The highest BCUT2D eigenvalue weighted by molar-refractivity contribution is 6.28. The van der Waals surface area contributed by atoms with Crippen molar-refractivity contribution in [1.82, 2.24) is 24.8 Å². The molecule has 13 heteroatoms. The zero-order valence-electron chi connectivity index (χ0n) is 15.5. The van der Waals surface area contributed by atoms with E-state index in [4.69, 9.17) is 25.8 Å². The molecule has 2 aromatic heterocycles. The summed E-state index contributed by atoms with van der Waals surface area (Å²) in [6.07, 6.45) is -2.90. The fraction of sp³-hybridized carbons (Fsp3) is 0.625. The zero-order chi connectivity index (χ0) is 20.5. The summed E-state index contributed by atoms with van der Waals surface area (Å²) in [7, 11) is 1.41. The molecule has 29 heavy (non-hydrogen) atoms. The summed E-state index contributed by atoms with van der Waals surface area (Å²) >= 11 is 6.09. The van der Waals surface area contributed by atoms with Crippen LogP contribution in [0.25, 0.3) is 11.2 Å². The molecule has 0 saturated carbocycles. The van der Waals surface area contributed by atoms with E-state index < -0.39 is 30.6 Å². The average molecular weight is 429 g/mol. The summed E-state index contributed by atoms with van der Waals surface area (Å²) in [5.74, 6) is 0.446. The van der Waals surface area contributed by atoms with Crippen LogP contribution in [0.1, 0.15) is 12.6 Å². The van der Waals surface area contributed by atoms with Gasteiger partial charge < -0.3 is 35.1 Å². The highest BCUT2D eigenvalue weighted by Gasteiger charge is 2.45. The molecule has 158 valence electrons. The molecule has 2 fully saturated rings. The van der Waals surface area contributed by atoms with Crippen LogP contribution in [0.4, 0.5) is 10.6 Å². The van der Waals surface area contributed by atoms with Crippen LogP contribution in [-0.2, 0) is 14.2 Å². The van der Waals surface area contributed by atoms with E-state index in [1.165, 1.54) is 17.9 Å². The minimum absolute atomic E-state index is 0.00630. The van der Waals surface area contributed by atoms with Gasteiger partial charge in [0, 0.05) is 13.7 Å². The quantitative estimate of drug-likeness (QED) is 0.465. The Morgan fingerprint density at radius 1 is 1.41 bits per heavy atom. The Morgan fingerprint density at radius 2 is 2.24 bits per heavy atom. The highest BCUT2D eigenvalue weighted by atomic mass is 35.5. The number of aromatic nitrogens is 4. The molecule has 5 unspecified atom stereocenters. The Balaban J connectivity index is 1.59. The van der Waals surface area contributed by atoms with E-state index in [9.17, 15) is 15.0 Å². The third-order valence-electron chi connectivity index (χ3n) is 4.86. The molecule has 0 radical (unpaired) electrons. The van der Waals surface area contributed by atoms with E-state index in [1.54, 1.807) is 0 Å². The number of aliphatic hydroxyl groups excluding tert-OH is 2. The molecule has 1 amide bonds. The summed E-state index contributed by atoms with van der Waals surface area (Å²) in [5.41, 5.74) is 0.771. The lowest BCUT2D eigenvalue weighted by atomic mass is 10.1. The maximum atomic E-state index is 11.3. The maximum absolute atomic E-state index is 11.3. The fourth-order valence-electron chi connectivity index (χ4n) is 3.35. The molecule has 4 heterocycles. The van der Waals surface area contributed by atoms with Gasteiger partial charge in [-0.3, -0.25) is 4.57 Å². The fourth-order valence-corrected chi connectivity index (χ4v) is 3.51. The van der Waals surface area contributed by atoms with Gasteiger partial charge in [-0.05, 0) is 18.0 Å². The first-order valence-electron chi connectivity index (χ1n) is 9.08. The minimum atomic E-state index is -1.29. The largest absolute Gasteiger partial charge is 0.447 e. The Morgan fingerprint density at radius 3 is 2.97 bits per heavy atom. The predicted octanol–water partition coefficient (Wildman–Crippen LogP) is -0.344. The molecule has 0 aliphatic carbocycles. The van der Waals surface area contributed by atoms with Gasteiger partial charge in [0.2, 0.25) is 5.28 Å². The molecular weight excluding hydrogens is 408 g/mol. The van der Waals surface area contributed by atoms with E-state index in [1.807, 2.05) is 0 Å². The van der Waals surface area contributed by atoms with Gasteiger partial charge in [-0.2, -0.15) is 9.97 Å². The second kappa shape index (κ2) is 8.24. The van der Waals surface area contributed by atoms with Crippen molar-refractivity contribution in [2.75, 3.05) is 32.2 Å². The number of amides is 1. The zero-order valence-corrected chi connectivity index (χ0v) is 16.2. The number of rotatable bonds is 5. The van der Waals surface area contributed by atoms with E-state index in [-0.39, 0.29) is 17.9 Å². The highest BCUT2D eigenvalue weighted by Crippen LogP contribution is 2.33. The number of fused-ring (bicyclic) bond motifs is 1. The number of aliphatic hydroxyl groups is 2. The monoisotopic (exact) mass is 428 g/mol. The first-order valence-corrected chi connectivity index (χ1v) is 9.46. The van der Waals surface area contributed by atoms with Crippen LogP contribution < -0.4 is 10.6 Å². The molecular formula is C16H21ClN6O6. The Hall–Kier alpha value is -2.25. The molecule has 4 rings (SSSR count). The van der Waals surface area contributed by atoms with Gasteiger partial charge in [0.25, 0.3) is 0 Å². The summed E-state index contributed by atoms with van der Waals surface area (Å²) in [6, 6.07) is 0.0794. The van der Waals surface area contributed by atoms with Crippen LogP contribution >= 0.6 is 11.6 Å².